The number of rotatable bonds is 5. The number of carboxylic acids is 1. The van der Waals surface area contributed by atoms with Crippen LogP contribution in [0.5, 0.6) is 0 Å². The maximum absolute atomic E-state index is 12.6. The smallest absolute Gasteiger partial charge is 0.306 e. The molecule has 1 heterocycles. The van der Waals surface area contributed by atoms with Crippen LogP contribution in [0.1, 0.15) is 55.5 Å². The molecule has 0 aromatic heterocycles. The van der Waals surface area contributed by atoms with Gasteiger partial charge in [0.25, 0.3) is 0 Å². The number of piperidine rings is 1. The molecular weight excluding hydrogens is 306 g/mol. The lowest BCUT2D eigenvalue weighted by molar-refractivity contribution is -0.146. The first-order chi connectivity index (χ1) is 11.3. The fraction of sp³-hybridized carbons (Fsp3) is 0.526. The summed E-state index contributed by atoms with van der Waals surface area (Å²) >= 11 is 0. The summed E-state index contributed by atoms with van der Waals surface area (Å²) in [6.45, 7) is 6.56. The van der Waals surface area contributed by atoms with Crippen LogP contribution >= 0.6 is 0 Å². The van der Waals surface area contributed by atoms with Gasteiger partial charge in [0, 0.05) is 24.6 Å². The van der Waals surface area contributed by atoms with Crippen LogP contribution in [0.4, 0.5) is 0 Å². The fourth-order valence-electron chi connectivity index (χ4n) is 3.03. The molecule has 1 aromatic carbocycles. The summed E-state index contributed by atoms with van der Waals surface area (Å²) in [5.74, 6) is -1.36. The van der Waals surface area contributed by atoms with Crippen molar-refractivity contribution in [2.45, 2.75) is 39.5 Å². The zero-order valence-corrected chi connectivity index (χ0v) is 14.5. The third kappa shape index (κ3) is 4.02. The van der Waals surface area contributed by atoms with Gasteiger partial charge in [-0.2, -0.15) is 0 Å². The number of ketones is 1. The molecule has 0 radical (unpaired) electrons. The summed E-state index contributed by atoms with van der Waals surface area (Å²) in [7, 11) is 0. The Hall–Kier alpha value is -2.17. The number of benzene rings is 1. The molecule has 0 bridgehead atoms. The second kappa shape index (κ2) is 7.60. The molecule has 24 heavy (non-hydrogen) atoms. The molecule has 0 saturated carbocycles. The predicted octanol–water partition coefficient (Wildman–Crippen LogP) is 2.95. The molecule has 5 heteroatoms. The van der Waals surface area contributed by atoms with Gasteiger partial charge in [-0.3, -0.25) is 14.4 Å². The number of likely N-dealkylation sites (tertiary alicyclic amines) is 1. The Morgan fingerprint density at radius 2 is 1.58 bits per heavy atom. The molecule has 0 spiro atoms. The lowest BCUT2D eigenvalue weighted by Crippen LogP contribution is -2.42. The molecule has 2 rings (SSSR count). The molecule has 1 atom stereocenters. The number of carbonyl (C=O) groups excluding carboxylic acids is 2. The molecule has 1 amide bonds. The van der Waals surface area contributed by atoms with Crippen LogP contribution in [-0.4, -0.2) is 40.8 Å². The molecule has 1 N–H and O–H groups in total. The SMILES string of the molecule is CC(C)C(=O)c1ccc(C(C)C(=O)N2CCC(C(=O)O)CC2)cc1. The summed E-state index contributed by atoms with van der Waals surface area (Å²) in [5, 5.41) is 9.03. The third-order valence-electron chi connectivity index (χ3n) is 4.75. The van der Waals surface area contributed by atoms with Crippen LogP contribution in [-0.2, 0) is 9.59 Å². The van der Waals surface area contributed by atoms with E-state index in [0.29, 0.717) is 31.5 Å². The highest BCUT2D eigenvalue weighted by Crippen LogP contribution is 2.24. The summed E-state index contributed by atoms with van der Waals surface area (Å²) in [6.07, 6.45) is 1.02. The quantitative estimate of drug-likeness (QED) is 0.842. The molecule has 1 unspecified atom stereocenters. The second-order valence-corrected chi connectivity index (χ2v) is 6.80. The number of aliphatic carboxylic acids is 1. The van der Waals surface area contributed by atoms with E-state index in [4.69, 9.17) is 5.11 Å². The van der Waals surface area contributed by atoms with Crippen molar-refractivity contribution in [3.05, 3.63) is 35.4 Å². The Kier molecular flexibility index (Phi) is 5.75. The van der Waals surface area contributed by atoms with Crippen molar-refractivity contribution >= 4 is 17.7 Å². The first kappa shape index (κ1) is 18.2. The molecule has 130 valence electrons. The predicted molar refractivity (Wildman–Crippen MR) is 91.0 cm³/mol. The maximum Gasteiger partial charge on any atom is 0.306 e. The van der Waals surface area contributed by atoms with Crippen molar-refractivity contribution in [2.75, 3.05) is 13.1 Å². The van der Waals surface area contributed by atoms with Crippen molar-refractivity contribution in [1.82, 2.24) is 4.90 Å². The highest BCUT2D eigenvalue weighted by Gasteiger charge is 2.29. The van der Waals surface area contributed by atoms with Crippen molar-refractivity contribution in [2.24, 2.45) is 11.8 Å². The second-order valence-electron chi connectivity index (χ2n) is 6.80. The molecule has 0 aliphatic carbocycles. The fourth-order valence-corrected chi connectivity index (χ4v) is 3.03. The van der Waals surface area contributed by atoms with E-state index >= 15 is 0 Å². The summed E-state index contributed by atoms with van der Waals surface area (Å²) in [5.41, 5.74) is 1.54. The van der Waals surface area contributed by atoms with Gasteiger partial charge >= 0.3 is 5.97 Å². The van der Waals surface area contributed by atoms with E-state index < -0.39 is 5.97 Å². The number of carboxylic acid groups (broad SMARTS) is 1. The van der Waals surface area contributed by atoms with Crippen LogP contribution < -0.4 is 0 Å². The molecule has 5 nitrogen and oxygen atoms in total. The zero-order chi connectivity index (χ0) is 17.9. The van der Waals surface area contributed by atoms with Crippen molar-refractivity contribution < 1.29 is 19.5 Å². The zero-order valence-electron chi connectivity index (χ0n) is 14.5. The van der Waals surface area contributed by atoms with E-state index in [1.807, 2.05) is 32.9 Å². The van der Waals surface area contributed by atoms with Gasteiger partial charge in [0.2, 0.25) is 5.91 Å². The Balaban J connectivity index is 2.01. The lowest BCUT2D eigenvalue weighted by Gasteiger charge is -2.32. The first-order valence-electron chi connectivity index (χ1n) is 8.47. The van der Waals surface area contributed by atoms with Crippen LogP contribution in [0.2, 0.25) is 0 Å². The van der Waals surface area contributed by atoms with E-state index in [2.05, 4.69) is 0 Å². The molecule has 1 aromatic rings. The van der Waals surface area contributed by atoms with E-state index in [9.17, 15) is 14.4 Å². The number of amides is 1. The third-order valence-corrected chi connectivity index (χ3v) is 4.75. The largest absolute Gasteiger partial charge is 0.481 e. The van der Waals surface area contributed by atoms with Gasteiger partial charge in [0.05, 0.1) is 11.8 Å². The Morgan fingerprint density at radius 3 is 2.04 bits per heavy atom. The van der Waals surface area contributed by atoms with E-state index in [1.54, 1.807) is 17.0 Å². The Bertz CT molecular complexity index is 613. The Labute approximate surface area is 142 Å². The monoisotopic (exact) mass is 331 g/mol. The van der Waals surface area contributed by atoms with Crippen LogP contribution in [0.3, 0.4) is 0 Å². The summed E-state index contributed by atoms with van der Waals surface area (Å²) in [4.78, 5) is 37.3. The molecule has 1 aliphatic heterocycles. The van der Waals surface area contributed by atoms with Gasteiger partial charge in [-0.05, 0) is 25.3 Å². The van der Waals surface area contributed by atoms with Crippen molar-refractivity contribution in [3.8, 4) is 0 Å². The van der Waals surface area contributed by atoms with E-state index in [1.165, 1.54) is 0 Å². The first-order valence-corrected chi connectivity index (χ1v) is 8.47. The topological polar surface area (TPSA) is 74.7 Å². The standard InChI is InChI=1S/C19H25NO4/c1-12(2)17(21)15-6-4-14(5-7-15)13(3)18(22)20-10-8-16(9-11-20)19(23)24/h4-7,12-13,16H,8-11H2,1-3H3,(H,23,24). The van der Waals surface area contributed by atoms with Gasteiger partial charge in [0.1, 0.15) is 0 Å². The van der Waals surface area contributed by atoms with Gasteiger partial charge < -0.3 is 10.0 Å². The van der Waals surface area contributed by atoms with Crippen LogP contribution in [0, 0.1) is 11.8 Å². The molecule has 1 fully saturated rings. The van der Waals surface area contributed by atoms with E-state index in [-0.39, 0.29) is 29.4 Å². The minimum absolute atomic E-state index is 0.0155. The van der Waals surface area contributed by atoms with Gasteiger partial charge in [0.15, 0.2) is 5.78 Å². The normalized spacial score (nSPS) is 16.9. The maximum atomic E-state index is 12.6. The van der Waals surface area contributed by atoms with Crippen LogP contribution in [0.15, 0.2) is 24.3 Å². The summed E-state index contributed by atoms with van der Waals surface area (Å²) in [6, 6.07) is 7.22. The summed E-state index contributed by atoms with van der Waals surface area (Å²) < 4.78 is 0. The number of hydrogen-bond acceptors (Lipinski definition) is 3. The molecular formula is C19H25NO4. The van der Waals surface area contributed by atoms with Gasteiger partial charge in [-0.1, -0.05) is 38.1 Å². The van der Waals surface area contributed by atoms with E-state index in [0.717, 1.165) is 5.56 Å². The van der Waals surface area contributed by atoms with Crippen LogP contribution in [0.25, 0.3) is 0 Å². The minimum Gasteiger partial charge on any atom is -0.481 e. The highest BCUT2D eigenvalue weighted by molar-refractivity contribution is 5.97. The molecule has 1 saturated heterocycles. The minimum atomic E-state index is -0.777. The van der Waals surface area contributed by atoms with Gasteiger partial charge in [-0.15, -0.1) is 0 Å². The number of nitrogens with zero attached hydrogens (tertiary/aromatic N) is 1. The molecule has 1 aliphatic rings. The average molecular weight is 331 g/mol. The van der Waals surface area contributed by atoms with Gasteiger partial charge in [-0.25, -0.2) is 0 Å². The van der Waals surface area contributed by atoms with Crippen molar-refractivity contribution in [1.29, 1.82) is 0 Å². The Morgan fingerprint density at radius 1 is 1.04 bits per heavy atom. The number of carbonyl (C=O) groups is 3. The number of Topliss-reactive ketones (excluding diaryl/α,β-unsaturated/α-hetero) is 1. The highest BCUT2D eigenvalue weighted by atomic mass is 16.4. The lowest BCUT2D eigenvalue weighted by atomic mass is 9.93. The number of hydrogen-bond donors (Lipinski definition) is 1. The average Bonchev–Trinajstić information content (AvgIpc) is 2.60. The van der Waals surface area contributed by atoms with Crippen molar-refractivity contribution in [3.63, 3.8) is 0 Å².